The molecule has 0 radical (unpaired) electrons. The van der Waals surface area contributed by atoms with Crippen molar-refractivity contribution in [2.45, 2.75) is 51.1 Å². The third kappa shape index (κ3) is 7.01. The minimum Gasteiger partial charge on any atom is -0.497 e. The minimum absolute atomic E-state index is 0.0695. The van der Waals surface area contributed by atoms with Crippen LogP contribution in [0.5, 0.6) is 5.75 Å². The van der Waals surface area contributed by atoms with Crippen molar-refractivity contribution >= 4 is 28.2 Å². The number of benzene rings is 1. The Bertz CT molecular complexity index is 1090. The van der Waals surface area contributed by atoms with Gasteiger partial charge in [0.15, 0.2) is 0 Å². The van der Waals surface area contributed by atoms with Crippen LogP contribution in [0.15, 0.2) is 48.0 Å². The molecular formula is C28H35FN2O3S. The van der Waals surface area contributed by atoms with Crippen LogP contribution < -0.4 is 4.74 Å². The summed E-state index contributed by atoms with van der Waals surface area (Å²) in [5.41, 5.74) is 1.38. The number of likely N-dealkylation sites (tertiary alicyclic amines) is 1. The zero-order valence-corrected chi connectivity index (χ0v) is 21.2. The quantitative estimate of drug-likeness (QED) is 0.288. The molecule has 1 aromatic carbocycles. The number of aromatic nitrogens is 1. The molecule has 1 aliphatic rings. The number of thiophene rings is 1. The van der Waals surface area contributed by atoms with Crippen molar-refractivity contribution in [3.05, 3.63) is 58.4 Å². The lowest BCUT2D eigenvalue weighted by Crippen LogP contribution is -2.41. The van der Waals surface area contributed by atoms with Crippen LogP contribution >= 0.6 is 11.3 Å². The summed E-state index contributed by atoms with van der Waals surface area (Å²) in [6.07, 6.45) is 6.08. The molecule has 4 rings (SSSR count). The number of aryl methyl sites for hydroxylation is 1. The zero-order chi connectivity index (χ0) is 24.6. The second kappa shape index (κ2) is 12.5. The Morgan fingerprint density at radius 1 is 1.29 bits per heavy atom. The Morgan fingerprint density at radius 3 is 2.94 bits per heavy atom. The summed E-state index contributed by atoms with van der Waals surface area (Å²) in [5.74, 6) is 0.223. The molecule has 188 valence electrons. The van der Waals surface area contributed by atoms with Gasteiger partial charge in [-0.3, -0.25) is 9.78 Å². The van der Waals surface area contributed by atoms with E-state index < -0.39 is 12.1 Å². The van der Waals surface area contributed by atoms with Crippen molar-refractivity contribution in [2.24, 2.45) is 11.8 Å². The Morgan fingerprint density at radius 2 is 2.17 bits per heavy atom. The van der Waals surface area contributed by atoms with E-state index in [-0.39, 0.29) is 18.3 Å². The molecule has 1 aliphatic heterocycles. The summed E-state index contributed by atoms with van der Waals surface area (Å²) < 4.78 is 20.8. The summed E-state index contributed by atoms with van der Waals surface area (Å²) >= 11 is 1.81. The van der Waals surface area contributed by atoms with Crippen molar-refractivity contribution < 1.29 is 19.0 Å². The van der Waals surface area contributed by atoms with E-state index in [0.717, 1.165) is 56.2 Å². The van der Waals surface area contributed by atoms with Crippen LogP contribution in [0.2, 0.25) is 0 Å². The number of methoxy groups -OCH3 is 1. The molecule has 1 saturated heterocycles. The van der Waals surface area contributed by atoms with Crippen LogP contribution in [0.3, 0.4) is 0 Å². The summed E-state index contributed by atoms with van der Waals surface area (Å²) in [6, 6.07) is 11.6. The first kappa shape index (κ1) is 25.6. The molecule has 0 bridgehead atoms. The van der Waals surface area contributed by atoms with Crippen LogP contribution in [-0.2, 0) is 11.2 Å². The maximum atomic E-state index is 15.4. The van der Waals surface area contributed by atoms with Crippen LogP contribution in [0.25, 0.3) is 10.9 Å². The third-order valence-corrected chi connectivity index (χ3v) is 8.19. The maximum absolute atomic E-state index is 15.4. The lowest BCUT2D eigenvalue weighted by Gasteiger charge is -2.38. The molecule has 3 aromatic rings. The molecule has 3 heterocycles. The van der Waals surface area contributed by atoms with E-state index in [0.29, 0.717) is 24.2 Å². The lowest BCUT2D eigenvalue weighted by molar-refractivity contribution is -0.139. The van der Waals surface area contributed by atoms with E-state index in [2.05, 4.69) is 27.4 Å². The number of aliphatic carboxylic acids is 1. The average molecular weight is 499 g/mol. The SMILES string of the molecule is COc1ccc2nccc([C@H](F)CC[C@@H]3CCN(CCCCc4cccs4)C[C@@H]3CC(=O)O)c2c1. The van der Waals surface area contributed by atoms with Crippen molar-refractivity contribution in [1.29, 1.82) is 0 Å². The molecule has 2 aromatic heterocycles. The van der Waals surface area contributed by atoms with Gasteiger partial charge < -0.3 is 14.7 Å². The number of fused-ring (bicyclic) bond motifs is 1. The molecule has 3 atom stereocenters. The zero-order valence-electron chi connectivity index (χ0n) is 20.4. The number of halogens is 1. The van der Waals surface area contributed by atoms with E-state index in [1.807, 2.05) is 18.2 Å². The van der Waals surface area contributed by atoms with Gasteiger partial charge >= 0.3 is 5.97 Å². The van der Waals surface area contributed by atoms with Gasteiger partial charge in [0, 0.05) is 29.4 Å². The van der Waals surface area contributed by atoms with E-state index in [9.17, 15) is 9.90 Å². The van der Waals surface area contributed by atoms with Gasteiger partial charge in [0.25, 0.3) is 0 Å². The molecule has 0 amide bonds. The Kier molecular flexibility index (Phi) is 9.10. The maximum Gasteiger partial charge on any atom is 0.303 e. The predicted octanol–water partition coefficient (Wildman–Crippen LogP) is 6.53. The highest BCUT2D eigenvalue weighted by molar-refractivity contribution is 7.09. The Balaban J connectivity index is 1.32. The molecular weight excluding hydrogens is 463 g/mol. The fourth-order valence-corrected chi connectivity index (χ4v) is 6.10. The van der Waals surface area contributed by atoms with Gasteiger partial charge in [-0.15, -0.1) is 11.3 Å². The van der Waals surface area contributed by atoms with Gasteiger partial charge in [-0.1, -0.05) is 6.07 Å². The van der Waals surface area contributed by atoms with Gasteiger partial charge in [-0.2, -0.15) is 0 Å². The Hall–Kier alpha value is -2.51. The molecule has 1 fully saturated rings. The number of unbranched alkanes of at least 4 members (excludes halogenated alkanes) is 1. The van der Waals surface area contributed by atoms with Gasteiger partial charge in [-0.25, -0.2) is 4.39 Å². The summed E-state index contributed by atoms with van der Waals surface area (Å²) in [7, 11) is 1.60. The summed E-state index contributed by atoms with van der Waals surface area (Å²) in [4.78, 5) is 19.8. The third-order valence-electron chi connectivity index (χ3n) is 7.25. The van der Waals surface area contributed by atoms with Crippen LogP contribution in [-0.4, -0.2) is 47.7 Å². The fourth-order valence-electron chi connectivity index (χ4n) is 5.35. The number of hydrogen-bond acceptors (Lipinski definition) is 5. The van der Waals surface area contributed by atoms with Crippen LogP contribution in [0.1, 0.15) is 55.1 Å². The highest BCUT2D eigenvalue weighted by Crippen LogP contribution is 2.36. The normalized spacial score (nSPS) is 19.6. The molecule has 0 unspecified atom stereocenters. The molecule has 7 heteroatoms. The monoisotopic (exact) mass is 498 g/mol. The number of pyridine rings is 1. The highest BCUT2D eigenvalue weighted by Gasteiger charge is 2.31. The van der Waals surface area contributed by atoms with Crippen molar-refractivity contribution in [3.8, 4) is 5.75 Å². The van der Waals surface area contributed by atoms with Crippen LogP contribution in [0.4, 0.5) is 4.39 Å². The first-order valence-electron chi connectivity index (χ1n) is 12.6. The van der Waals surface area contributed by atoms with Crippen molar-refractivity contribution in [3.63, 3.8) is 0 Å². The fraction of sp³-hybridized carbons (Fsp3) is 0.500. The smallest absolute Gasteiger partial charge is 0.303 e. The van der Waals surface area contributed by atoms with E-state index in [1.165, 1.54) is 4.88 Å². The van der Waals surface area contributed by atoms with Gasteiger partial charge in [-0.05, 0) is 105 Å². The second-order valence-corrected chi connectivity index (χ2v) is 10.6. The van der Waals surface area contributed by atoms with Gasteiger partial charge in [0.05, 0.1) is 12.6 Å². The number of carbonyl (C=O) groups is 1. The van der Waals surface area contributed by atoms with Crippen molar-refractivity contribution in [2.75, 3.05) is 26.7 Å². The number of carboxylic acid groups (broad SMARTS) is 1. The van der Waals surface area contributed by atoms with E-state index in [4.69, 9.17) is 4.74 Å². The number of carboxylic acids is 1. The van der Waals surface area contributed by atoms with E-state index in [1.54, 1.807) is 30.7 Å². The lowest BCUT2D eigenvalue weighted by atomic mass is 9.79. The van der Waals surface area contributed by atoms with Gasteiger partial charge in [0.1, 0.15) is 11.9 Å². The first-order chi connectivity index (χ1) is 17.0. The topological polar surface area (TPSA) is 62.7 Å². The number of alkyl halides is 1. The number of piperidine rings is 1. The largest absolute Gasteiger partial charge is 0.497 e. The summed E-state index contributed by atoms with van der Waals surface area (Å²) in [5, 5.41) is 12.4. The first-order valence-corrected chi connectivity index (χ1v) is 13.4. The highest BCUT2D eigenvalue weighted by atomic mass is 32.1. The number of rotatable bonds is 12. The summed E-state index contributed by atoms with van der Waals surface area (Å²) in [6.45, 7) is 2.76. The van der Waals surface area contributed by atoms with Gasteiger partial charge in [0.2, 0.25) is 0 Å². The standard InChI is InChI=1S/C28H35FN2O3S/c1-34-22-8-10-27-25(18-22)24(11-13-30-27)26(29)9-7-20-12-15-31(19-21(20)17-28(32)33)14-3-2-5-23-6-4-16-35-23/h4,6,8,10-11,13,16,18,20-21,26H,2-3,5,7,9,12,14-15,17,19H2,1H3,(H,32,33)/t20-,21+,26-/m1/s1. The van der Waals surface area contributed by atoms with E-state index >= 15 is 4.39 Å². The number of nitrogens with zero attached hydrogens (tertiary/aromatic N) is 2. The molecule has 1 N–H and O–H groups in total. The molecule has 5 nitrogen and oxygen atoms in total. The number of hydrogen-bond donors (Lipinski definition) is 1. The molecule has 35 heavy (non-hydrogen) atoms. The molecule has 0 aliphatic carbocycles. The predicted molar refractivity (Wildman–Crippen MR) is 139 cm³/mol. The second-order valence-electron chi connectivity index (χ2n) is 9.57. The number of ether oxygens (including phenoxy) is 1. The minimum atomic E-state index is -1.12. The van der Waals surface area contributed by atoms with Crippen LogP contribution in [0, 0.1) is 11.8 Å². The van der Waals surface area contributed by atoms with Crippen molar-refractivity contribution in [1.82, 2.24) is 9.88 Å². The Labute approximate surface area is 210 Å². The molecule has 0 saturated carbocycles. The average Bonchev–Trinajstić information content (AvgIpc) is 3.38. The molecule has 0 spiro atoms.